The Hall–Kier alpha value is -1.68. The highest BCUT2D eigenvalue weighted by atomic mass is 32.2. The molecule has 2 amide bonds. The highest BCUT2D eigenvalue weighted by Gasteiger charge is 2.19. The summed E-state index contributed by atoms with van der Waals surface area (Å²) in [7, 11) is -4.15. The molecule has 1 atom stereocenters. The number of carboxylic acid groups (broad SMARTS) is 1. The molecule has 0 rings (SSSR count). The molecule has 0 fully saturated rings. The average Bonchev–Trinajstić information content (AvgIpc) is 2.21. The van der Waals surface area contributed by atoms with Gasteiger partial charge >= 0.3 is 5.97 Å². The van der Waals surface area contributed by atoms with Gasteiger partial charge in [-0.15, -0.1) is 0 Å². The molecule has 0 aliphatic rings. The van der Waals surface area contributed by atoms with Crippen molar-refractivity contribution in [3.63, 3.8) is 0 Å². The van der Waals surface area contributed by atoms with E-state index in [0.29, 0.717) is 0 Å². The van der Waals surface area contributed by atoms with Crippen LogP contribution in [0.3, 0.4) is 0 Å². The first-order valence-electron chi connectivity index (χ1n) is 5.33. The number of aliphatic carboxylic acids is 1. The molecule has 19 heavy (non-hydrogen) atoms. The van der Waals surface area contributed by atoms with Gasteiger partial charge in [-0.2, -0.15) is 8.42 Å². The molecule has 0 aliphatic carbocycles. The van der Waals surface area contributed by atoms with Crippen LogP contribution in [0.1, 0.15) is 19.8 Å². The molecule has 9 nitrogen and oxygen atoms in total. The van der Waals surface area contributed by atoms with Crippen molar-refractivity contribution in [2.75, 3.05) is 12.3 Å². The van der Waals surface area contributed by atoms with Crippen molar-refractivity contribution in [2.24, 2.45) is 0 Å². The Kier molecular flexibility index (Phi) is 7.01. The van der Waals surface area contributed by atoms with Crippen molar-refractivity contribution < 1.29 is 32.5 Å². The van der Waals surface area contributed by atoms with Crippen LogP contribution in [0.15, 0.2) is 0 Å². The van der Waals surface area contributed by atoms with Gasteiger partial charge < -0.3 is 15.7 Å². The van der Waals surface area contributed by atoms with Gasteiger partial charge in [0.25, 0.3) is 10.1 Å². The molecule has 0 bridgehead atoms. The lowest BCUT2D eigenvalue weighted by atomic mass is 10.1. The van der Waals surface area contributed by atoms with Crippen LogP contribution < -0.4 is 10.6 Å². The maximum atomic E-state index is 11.2. The second-order valence-corrected chi connectivity index (χ2v) is 5.34. The Labute approximate surface area is 110 Å². The lowest BCUT2D eigenvalue weighted by molar-refractivity contribution is -0.141. The summed E-state index contributed by atoms with van der Waals surface area (Å²) in [4.78, 5) is 32.7. The van der Waals surface area contributed by atoms with Crippen LogP contribution in [-0.4, -0.2) is 54.2 Å². The third-order valence-corrected chi connectivity index (χ3v) is 2.74. The summed E-state index contributed by atoms with van der Waals surface area (Å²) in [6, 6.07) is -1.18. The summed E-state index contributed by atoms with van der Waals surface area (Å²) in [6.07, 6.45) is -0.310. The van der Waals surface area contributed by atoms with Gasteiger partial charge in [0.2, 0.25) is 11.8 Å². The number of carbonyl (C=O) groups excluding carboxylic acids is 2. The van der Waals surface area contributed by atoms with Gasteiger partial charge in [0, 0.05) is 19.9 Å². The fourth-order valence-corrected chi connectivity index (χ4v) is 1.55. The number of carboxylic acids is 1. The van der Waals surface area contributed by atoms with Gasteiger partial charge in [-0.1, -0.05) is 0 Å². The van der Waals surface area contributed by atoms with Crippen LogP contribution in [0.2, 0.25) is 0 Å². The predicted octanol–water partition coefficient (Wildman–Crippen LogP) is -1.64. The van der Waals surface area contributed by atoms with E-state index in [-0.39, 0.29) is 19.4 Å². The first kappa shape index (κ1) is 17.3. The highest BCUT2D eigenvalue weighted by Crippen LogP contribution is 1.98. The van der Waals surface area contributed by atoms with Crippen molar-refractivity contribution in [1.29, 1.82) is 0 Å². The lowest BCUT2D eigenvalue weighted by Gasteiger charge is -2.12. The van der Waals surface area contributed by atoms with E-state index in [4.69, 9.17) is 9.66 Å². The van der Waals surface area contributed by atoms with Crippen LogP contribution >= 0.6 is 0 Å². The van der Waals surface area contributed by atoms with Crippen LogP contribution in [0.5, 0.6) is 0 Å². The molecule has 0 saturated carbocycles. The van der Waals surface area contributed by atoms with Gasteiger partial charge in [-0.05, 0) is 6.42 Å². The van der Waals surface area contributed by atoms with Crippen LogP contribution in [-0.2, 0) is 24.5 Å². The molecule has 0 aromatic rings. The van der Waals surface area contributed by atoms with Crippen molar-refractivity contribution in [2.45, 2.75) is 25.8 Å². The lowest BCUT2D eigenvalue weighted by Crippen LogP contribution is -2.40. The van der Waals surface area contributed by atoms with E-state index >= 15 is 0 Å². The quantitative estimate of drug-likeness (QED) is 0.392. The van der Waals surface area contributed by atoms with Crippen LogP contribution in [0.4, 0.5) is 0 Å². The predicted molar refractivity (Wildman–Crippen MR) is 63.9 cm³/mol. The first-order valence-corrected chi connectivity index (χ1v) is 6.94. The van der Waals surface area contributed by atoms with Crippen molar-refractivity contribution >= 4 is 27.9 Å². The fraction of sp³-hybridized carbons (Fsp3) is 0.667. The maximum absolute atomic E-state index is 11.2. The highest BCUT2D eigenvalue weighted by molar-refractivity contribution is 7.85. The summed E-state index contributed by atoms with van der Waals surface area (Å²) in [6.45, 7) is 0.887. The molecule has 0 aliphatic heterocycles. The topological polar surface area (TPSA) is 150 Å². The standard InChI is InChI=1S/C9H16N2O7S/c1-6(12)11-7(9(14)15)2-3-8(13)10-4-5-19(16,17)18/h7H,2-5H2,1H3,(H,10,13)(H,11,12)(H,14,15)(H,16,17,18)/t7-/m0/s1. The van der Waals surface area contributed by atoms with E-state index in [1.165, 1.54) is 0 Å². The van der Waals surface area contributed by atoms with Crippen molar-refractivity contribution in [1.82, 2.24) is 10.6 Å². The van der Waals surface area contributed by atoms with E-state index in [1.807, 2.05) is 0 Å². The second-order valence-electron chi connectivity index (χ2n) is 3.77. The fourth-order valence-electron chi connectivity index (χ4n) is 1.19. The minimum Gasteiger partial charge on any atom is -0.480 e. The number of hydrogen-bond donors (Lipinski definition) is 4. The molecule has 0 radical (unpaired) electrons. The second kappa shape index (κ2) is 7.69. The molecule has 10 heteroatoms. The largest absolute Gasteiger partial charge is 0.480 e. The first-order chi connectivity index (χ1) is 8.61. The Bertz CT molecular complexity index is 445. The van der Waals surface area contributed by atoms with Crippen molar-refractivity contribution in [3.05, 3.63) is 0 Å². The zero-order chi connectivity index (χ0) is 15.1. The van der Waals surface area contributed by atoms with Crippen LogP contribution in [0, 0.1) is 0 Å². The monoisotopic (exact) mass is 296 g/mol. The van der Waals surface area contributed by atoms with Gasteiger partial charge in [-0.3, -0.25) is 14.1 Å². The molecular weight excluding hydrogens is 280 g/mol. The molecule has 0 heterocycles. The van der Waals surface area contributed by atoms with E-state index in [2.05, 4.69) is 10.6 Å². The summed E-state index contributed by atoms with van der Waals surface area (Å²) >= 11 is 0. The van der Waals surface area contributed by atoms with E-state index in [0.717, 1.165) is 6.92 Å². The number of carbonyl (C=O) groups is 3. The number of rotatable bonds is 8. The third-order valence-electron chi connectivity index (χ3n) is 2.02. The smallest absolute Gasteiger partial charge is 0.326 e. The number of nitrogens with one attached hydrogen (secondary N) is 2. The summed E-state index contributed by atoms with van der Waals surface area (Å²) < 4.78 is 29.2. The minimum atomic E-state index is -4.15. The van der Waals surface area contributed by atoms with Gasteiger partial charge in [0.1, 0.15) is 6.04 Å². The normalized spacial score (nSPS) is 12.5. The molecule has 0 saturated heterocycles. The Morgan fingerprint density at radius 2 is 1.84 bits per heavy atom. The zero-order valence-electron chi connectivity index (χ0n) is 10.2. The summed E-state index contributed by atoms with van der Waals surface area (Å²) in [5.74, 6) is -2.98. The van der Waals surface area contributed by atoms with Gasteiger partial charge in [0.15, 0.2) is 0 Å². The van der Waals surface area contributed by atoms with E-state index < -0.39 is 39.7 Å². The zero-order valence-corrected chi connectivity index (χ0v) is 11.1. The molecule has 0 spiro atoms. The molecule has 0 unspecified atom stereocenters. The molecule has 4 N–H and O–H groups in total. The molecule has 0 aromatic carbocycles. The number of hydrogen-bond acceptors (Lipinski definition) is 5. The minimum absolute atomic E-state index is 0.118. The Balaban J connectivity index is 4.05. The summed E-state index contributed by atoms with van der Waals surface area (Å²) in [5, 5.41) is 13.1. The van der Waals surface area contributed by atoms with E-state index in [1.54, 1.807) is 0 Å². The third kappa shape index (κ3) is 9.97. The SMILES string of the molecule is CC(=O)N[C@@H](CCC(=O)NCCS(=O)(=O)O)C(=O)O. The van der Waals surface area contributed by atoms with Crippen LogP contribution in [0.25, 0.3) is 0 Å². The maximum Gasteiger partial charge on any atom is 0.326 e. The number of amides is 2. The van der Waals surface area contributed by atoms with E-state index in [9.17, 15) is 22.8 Å². The summed E-state index contributed by atoms with van der Waals surface area (Å²) in [5.41, 5.74) is 0. The van der Waals surface area contributed by atoms with Gasteiger partial charge in [-0.25, -0.2) is 4.79 Å². The molecule has 110 valence electrons. The van der Waals surface area contributed by atoms with Gasteiger partial charge in [0.05, 0.1) is 5.75 Å². The Morgan fingerprint density at radius 1 is 1.26 bits per heavy atom. The van der Waals surface area contributed by atoms with Crippen molar-refractivity contribution in [3.8, 4) is 0 Å². The Morgan fingerprint density at radius 3 is 2.26 bits per heavy atom. The molecular formula is C9H16N2O7S. The molecule has 0 aromatic heterocycles. The average molecular weight is 296 g/mol.